The highest BCUT2D eigenvalue weighted by molar-refractivity contribution is 7.99. The maximum Gasteiger partial charge on any atom is 0.236 e. The molecule has 0 spiro atoms. The van der Waals surface area contributed by atoms with Gasteiger partial charge in [-0.1, -0.05) is 41.3 Å². The lowest BCUT2D eigenvalue weighted by atomic mass is 10.2. The fourth-order valence-corrected chi connectivity index (χ4v) is 4.75. The molecule has 2 aromatic carbocycles. The molecule has 0 saturated heterocycles. The van der Waals surface area contributed by atoms with E-state index in [1.54, 1.807) is 18.5 Å². The summed E-state index contributed by atoms with van der Waals surface area (Å²) in [7, 11) is 0. The number of carbonyl (C=O) groups is 1. The molecule has 0 fully saturated rings. The smallest absolute Gasteiger partial charge is 0.236 e. The molecule has 3 heterocycles. The second-order valence-electron chi connectivity index (χ2n) is 6.69. The third kappa shape index (κ3) is 4.23. The van der Waals surface area contributed by atoms with Gasteiger partial charge in [-0.15, -0.1) is 10.2 Å². The number of fused-ring (bicyclic) bond motifs is 1. The van der Waals surface area contributed by atoms with Crippen LogP contribution in [0.25, 0.3) is 27.3 Å². The van der Waals surface area contributed by atoms with E-state index < -0.39 is 0 Å². The lowest BCUT2D eigenvalue weighted by molar-refractivity contribution is -0.113. The first-order valence-corrected chi connectivity index (χ1v) is 11.4. The number of amides is 1. The van der Waals surface area contributed by atoms with Crippen molar-refractivity contribution in [3.63, 3.8) is 0 Å². The molecule has 10 heteroatoms. The Hall–Kier alpha value is -3.63. The van der Waals surface area contributed by atoms with Crippen LogP contribution in [0.1, 0.15) is 0 Å². The maximum atomic E-state index is 13.4. The molecule has 0 bridgehead atoms. The summed E-state index contributed by atoms with van der Waals surface area (Å²) < 4.78 is 16.0. The molecule has 32 heavy (non-hydrogen) atoms. The molecule has 5 rings (SSSR count). The van der Waals surface area contributed by atoms with E-state index in [1.807, 2.05) is 47.0 Å². The molecule has 0 atom stereocenters. The zero-order valence-electron chi connectivity index (χ0n) is 16.5. The second-order valence-corrected chi connectivity index (χ2v) is 8.66. The molecule has 0 aliphatic rings. The van der Waals surface area contributed by atoms with Gasteiger partial charge in [-0.3, -0.25) is 14.3 Å². The molecule has 1 N–H and O–H groups in total. The molecule has 7 nitrogen and oxygen atoms in total. The number of nitrogens with one attached hydrogen (secondary N) is 1. The molecular weight excluding hydrogens is 447 g/mol. The van der Waals surface area contributed by atoms with Crippen LogP contribution in [0.3, 0.4) is 0 Å². The number of rotatable bonds is 6. The number of thiazole rings is 1. The van der Waals surface area contributed by atoms with Gasteiger partial charge in [0.1, 0.15) is 5.82 Å². The minimum atomic E-state index is -0.334. The van der Waals surface area contributed by atoms with Gasteiger partial charge in [-0.25, -0.2) is 9.37 Å². The van der Waals surface area contributed by atoms with Crippen molar-refractivity contribution in [3.05, 3.63) is 78.9 Å². The van der Waals surface area contributed by atoms with Crippen molar-refractivity contribution in [2.24, 2.45) is 0 Å². The zero-order valence-corrected chi connectivity index (χ0v) is 18.1. The molecule has 0 aliphatic carbocycles. The van der Waals surface area contributed by atoms with Gasteiger partial charge in [0.15, 0.2) is 16.1 Å². The van der Waals surface area contributed by atoms with Crippen LogP contribution in [0.5, 0.6) is 0 Å². The highest BCUT2D eigenvalue weighted by atomic mass is 32.2. The number of benzene rings is 2. The summed E-state index contributed by atoms with van der Waals surface area (Å²) in [5.41, 5.74) is 2.35. The zero-order chi connectivity index (χ0) is 21.9. The molecule has 158 valence electrons. The van der Waals surface area contributed by atoms with Crippen molar-refractivity contribution in [1.82, 2.24) is 24.7 Å². The molecule has 0 radical (unpaired) electrons. The number of anilines is 1. The predicted octanol–water partition coefficient (Wildman–Crippen LogP) is 4.81. The number of pyridine rings is 1. The Balaban J connectivity index is 1.36. The number of hydrogen-bond acceptors (Lipinski definition) is 7. The summed E-state index contributed by atoms with van der Waals surface area (Å²) in [6, 6.07) is 17.8. The van der Waals surface area contributed by atoms with Crippen molar-refractivity contribution in [2.75, 3.05) is 11.1 Å². The fraction of sp³-hybridized carbons (Fsp3) is 0.0455. The Morgan fingerprint density at radius 1 is 1.09 bits per heavy atom. The first kappa shape index (κ1) is 20.3. The van der Waals surface area contributed by atoms with Crippen LogP contribution in [-0.4, -0.2) is 36.4 Å². The van der Waals surface area contributed by atoms with Crippen molar-refractivity contribution in [1.29, 1.82) is 0 Å². The van der Waals surface area contributed by atoms with Crippen LogP contribution in [0.4, 0.5) is 9.52 Å². The fourth-order valence-electron chi connectivity index (χ4n) is 3.09. The predicted molar refractivity (Wildman–Crippen MR) is 124 cm³/mol. The first-order valence-electron chi connectivity index (χ1n) is 9.57. The number of aromatic nitrogens is 5. The van der Waals surface area contributed by atoms with Gasteiger partial charge in [-0.05, 0) is 42.5 Å². The molecular formula is C22H15FN6OS2. The summed E-state index contributed by atoms with van der Waals surface area (Å²) in [6.07, 6.45) is 3.42. The third-order valence-corrected chi connectivity index (χ3v) is 6.36. The Morgan fingerprint density at radius 2 is 1.97 bits per heavy atom. The minimum Gasteiger partial charge on any atom is -0.301 e. The van der Waals surface area contributed by atoms with E-state index in [9.17, 15) is 9.18 Å². The highest BCUT2D eigenvalue weighted by Gasteiger charge is 2.18. The largest absolute Gasteiger partial charge is 0.301 e. The molecule has 0 aliphatic heterocycles. The normalized spacial score (nSPS) is 11.0. The number of thioether (sulfide) groups is 1. The number of halogens is 1. The average Bonchev–Trinajstić information content (AvgIpc) is 3.42. The summed E-state index contributed by atoms with van der Waals surface area (Å²) in [6.45, 7) is 0. The van der Waals surface area contributed by atoms with Crippen molar-refractivity contribution >= 4 is 44.4 Å². The third-order valence-electron chi connectivity index (χ3n) is 4.50. The Kier molecular flexibility index (Phi) is 5.61. The number of para-hydroxylation sites is 1. The first-order chi connectivity index (χ1) is 15.7. The van der Waals surface area contributed by atoms with E-state index in [1.165, 1.54) is 35.2 Å². The van der Waals surface area contributed by atoms with Crippen molar-refractivity contribution in [2.45, 2.75) is 5.16 Å². The van der Waals surface area contributed by atoms with Gasteiger partial charge >= 0.3 is 0 Å². The van der Waals surface area contributed by atoms with E-state index in [-0.39, 0.29) is 17.5 Å². The van der Waals surface area contributed by atoms with Crippen molar-refractivity contribution in [3.8, 4) is 17.1 Å². The van der Waals surface area contributed by atoms with Crippen LogP contribution in [0.15, 0.2) is 78.2 Å². The average molecular weight is 463 g/mol. The lowest BCUT2D eigenvalue weighted by Crippen LogP contribution is -2.14. The van der Waals surface area contributed by atoms with Crippen LogP contribution < -0.4 is 5.32 Å². The Morgan fingerprint density at radius 3 is 2.78 bits per heavy atom. The van der Waals surface area contributed by atoms with E-state index in [2.05, 4.69) is 25.5 Å². The summed E-state index contributed by atoms with van der Waals surface area (Å²) in [5.74, 6) is 0.183. The quantitative estimate of drug-likeness (QED) is 0.365. The van der Waals surface area contributed by atoms with Gasteiger partial charge in [0.2, 0.25) is 5.91 Å². The molecule has 0 unspecified atom stereocenters. The summed E-state index contributed by atoms with van der Waals surface area (Å²) in [4.78, 5) is 21.0. The van der Waals surface area contributed by atoms with Gasteiger partial charge in [0.05, 0.1) is 16.0 Å². The molecule has 0 saturated carbocycles. The van der Waals surface area contributed by atoms with Gasteiger partial charge in [0.25, 0.3) is 0 Å². The highest BCUT2D eigenvalue weighted by Crippen LogP contribution is 2.29. The van der Waals surface area contributed by atoms with Crippen molar-refractivity contribution < 1.29 is 9.18 Å². The molecule has 5 aromatic rings. The topological polar surface area (TPSA) is 85.6 Å². The number of nitrogens with zero attached hydrogens (tertiary/aromatic N) is 5. The number of hydrogen-bond donors (Lipinski definition) is 1. The van der Waals surface area contributed by atoms with E-state index in [0.29, 0.717) is 26.3 Å². The monoisotopic (exact) mass is 462 g/mol. The van der Waals surface area contributed by atoms with Crippen LogP contribution in [0, 0.1) is 5.82 Å². The van der Waals surface area contributed by atoms with E-state index in [0.717, 1.165) is 11.3 Å². The summed E-state index contributed by atoms with van der Waals surface area (Å²) in [5, 5.41) is 12.4. The standard InChI is InChI=1S/C22H15FN6OS2/c23-15-8-9-17-18(11-15)32-21(25-17)26-19(30)13-31-22-28-27-20(14-5-4-10-24-12-14)29(22)16-6-2-1-3-7-16/h1-12H,13H2,(H,25,26,30). The van der Waals surface area contributed by atoms with Gasteiger partial charge in [-0.2, -0.15) is 0 Å². The van der Waals surface area contributed by atoms with Crippen LogP contribution in [0.2, 0.25) is 0 Å². The van der Waals surface area contributed by atoms with Gasteiger partial charge in [0, 0.05) is 23.6 Å². The second kappa shape index (κ2) is 8.85. The SMILES string of the molecule is O=C(CSc1nnc(-c2cccnc2)n1-c1ccccc1)Nc1nc2ccc(F)cc2s1. The minimum absolute atomic E-state index is 0.113. The number of carbonyl (C=O) groups excluding carboxylic acids is 1. The lowest BCUT2D eigenvalue weighted by Gasteiger charge is -2.10. The van der Waals surface area contributed by atoms with E-state index >= 15 is 0 Å². The van der Waals surface area contributed by atoms with E-state index in [4.69, 9.17) is 0 Å². The Bertz CT molecular complexity index is 1390. The maximum absolute atomic E-state index is 13.4. The van der Waals surface area contributed by atoms with Gasteiger partial charge < -0.3 is 5.32 Å². The van der Waals surface area contributed by atoms with Crippen LogP contribution >= 0.6 is 23.1 Å². The summed E-state index contributed by atoms with van der Waals surface area (Å²) >= 11 is 2.50. The molecule has 3 aromatic heterocycles. The Labute approximate surface area is 190 Å². The van der Waals surface area contributed by atoms with Crippen LogP contribution in [-0.2, 0) is 4.79 Å². The molecule has 1 amide bonds.